The summed E-state index contributed by atoms with van der Waals surface area (Å²) in [6.45, 7) is 0.512. The summed E-state index contributed by atoms with van der Waals surface area (Å²) in [5, 5.41) is 0. The van der Waals surface area contributed by atoms with Crippen molar-refractivity contribution in [2.45, 2.75) is 25.8 Å². The van der Waals surface area contributed by atoms with Gasteiger partial charge in [-0.25, -0.2) is 0 Å². The van der Waals surface area contributed by atoms with Crippen LogP contribution in [0.25, 0.3) is 0 Å². The van der Waals surface area contributed by atoms with Crippen molar-refractivity contribution in [1.82, 2.24) is 4.90 Å². The predicted molar refractivity (Wildman–Crippen MR) is 71.2 cm³/mol. The molecule has 0 saturated heterocycles. The maximum Gasteiger partial charge on any atom is 0.321 e. The number of rotatable bonds is 4. The van der Waals surface area contributed by atoms with Crippen molar-refractivity contribution in [3.63, 3.8) is 0 Å². The molecule has 1 amide bonds. The molecule has 0 unspecified atom stereocenters. The van der Waals surface area contributed by atoms with Crippen molar-refractivity contribution in [2.24, 2.45) is 5.41 Å². The van der Waals surface area contributed by atoms with Gasteiger partial charge in [-0.3, -0.25) is 9.59 Å². The Morgan fingerprint density at radius 1 is 1.26 bits per heavy atom. The molecule has 1 saturated carbocycles. The van der Waals surface area contributed by atoms with E-state index in [1.807, 2.05) is 30.3 Å². The second-order valence-corrected chi connectivity index (χ2v) is 5.07. The number of hydrogen-bond acceptors (Lipinski definition) is 3. The number of amides is 1. The van der Waals surface area contributed by atoms with E-state index in [9.17, 15) is 9.59 Å². The van der Waals surface area contributed by atoms with Crippen LogP contribution in [0.5, 0.6) is 0 Å². The standard InChI is InChI=1S/C15H19NO3/c1-16(11-12-7-4-3-5-8-12)13(17)15(9-6-10-15)14(18)19-2/h3-5,7-8H,6,9-11H2,1-2H3. The Balaban J connectivity index is 2.08. The van der Waals surface area contributed by atoms with E-state index >= 15 is 0 Å². The first kappa shape index (κ1) is 13.6. The molecule has 0 spiro atoms. The van der Waals surface area contributed by atoms with E-state index in [1.165, 1.54) is 7.11 Å². The molecule has 19 heavy (non-hydrogen) atoms. The third-order valence-electron chi connectivity index (χ3n) is 3.80. The van der Waals surface area contributed by atoms with Crippen LogP contribution < -0.4 is 0 Å². The number of esters is 1. The molecule has 4 nitrogen and oxygen atoms in total. The molecule has 0 aromatic heterocycles. The van der Waals surface area contributed by atoms with Crippen molar-refractivity contribution in [3.8, 4) is 0 Å². The average molecular weight is 261 g/mol. The van der Waals surface area contributed by atoms with Crippen molar-refractivity contribution in [3.05, 3.63) is 35.9 Å². The first-order valence-electron chi connectivity index (χ1n) is 6.48. The van der Waals surface area contributed by atoms with Crippen LogP contribution in [0.2, 0.25) is 0 Å². The summed E-state index contributed by atoms with van der Waals surface area (Å²) in [6, 6.07) is 9.75. The Kier molecular flexibility index (Phi) is 3.88. The molecule has 0 heterocycles. The first-order valence-corrected chi connectivity index (χ1v) is 6.48. The number of carbonyl (C=O) groups is 2. The zero-order chi connectivity index (χ0) is 13.9. The minimum atomic E-state index is -0.932. The van der Waals surface area contributed by atoms with Crippen LogP contribution in [0.15, 0.2) is 30.3 Å². The molecule has 0 atom stereocenters. The second-order valence-electron chi connectivity index (χ2n) is 5.07. The van der Waals surface area contributed by atoms with Crippen molar-refractivity contribution < 1.29 is 14.3 Å². The molecule has 0 N–H and O–H groups in total. The fourth-order valence-electron chi connectivity index (χ4n) is 2.53. The zero-order valence-corrected chi connectivity index (χ0v) is 11.4. The minimum Gasteiger partial charge on any atom is -0.468 e. The quantitative estimate of drug-likeness (QED) is 0.615. The lowest BCUT2D eigenvalue weighted by Crippen LogP contribution is -2.51. The Hall–Kier alpha value is -1.84. The zero-order valence-electron chi connectivity index (χ0n) is 11.4. The molecule has 1 fully saturated rings. The van der Waals surface area contributed by atoms with Crippen LogP contribution >= 0.6 is 0 Å². The van der Waals surface area contributed by atoms with Crippen LogP contribution in [0.4, 0.5) is 0 Å². The van der Waals surface area contributed by atoms with Crippen LogP contribution in [0, 0.1) is 5.41 Å². The summed E-state index contributed by atoms with van der Waals surface area (Å²) in [4.78, 5) is 25.9. The first-order chi connectivity index (χ1) is 9.10. The predicted octanol–water partition coefficient (Wildman–Crippen LogP) is 1.99. The smallest absolute Gasteiger partial charge is 0.321 e. The van der Waals surface area contributed by atoms with E-state index in [-0.39, 0.29) is 5.91 Å². The average Bonchev–Trinajstić information content (AvgIpc) is 2.38. The SMILES string of the molecule is COC(=O)C1(C(=O)N(C)Cc2ccccc2)CCC1. The maximum absolute atomic E-state index is 12.5. The van der Waals surface area contributed by atoms with Gasteiger partial charge in [0, 0.05) is 13.6 Å². The van der Waals surface area contributed by atoms with Gasteiger partial charge in [-0.05, 0) is 18.4 Å². The summed E-state index contributed by atoms with van der Waals surface area (Å²) in [7, 11) is 3.07. The van der Waals surface area contributed by atoms with E-state index in [1.54, 1.807) is 11.9 Å². The third kappa shape index (κ3) is 2.48. The third-order valence-corrected chi connectivity index (χ3v) is 3.80. The molecule has 0 radical (unpaired) electrons. The monoisotopic (exact) mass is 261 g/mol. The Morgan fingerprint density at radius 3 is 2.37 bits per heavy atom. The van der Waals surface area contributed by atoms with Gasteiger partial charge in [-0.2, -0.15) is 0 Å². The summed E-state index contributed by atoms with van der Waals surface area (Å²) in [6.07, 6.45) is 2.09. The second kappa shape index (κ2) is 5.43. The molecule has 0 aliphatic heterocycles. The molecule has 1 aromatic carbocycles. The lowest BCUT2D eigenvalue weighted by molar-refractivity contribution is -0.169. The maximum atomic E-state index is 12.5. The van der Waals surface area contributed by atoms with Crippen molar-refractivity contribution in [2.75, 3.05) is 14.2 Å². The number of methoxy groups -OCH3 is 1. The van der Waals surface area contributed by atoms with Gasteiger partial charge in [-0.1, -0.05) is 36.8 Å². The highest BCUT2D eigenvalue weighted by atomic mass is 16.5. The topological polar surface area (TPSA) is 46.6 Å². The number of benzene rings is 1. The van der Waals surface area contributed by atoms with Crippen LogP contribution in [0.1, 0.15) is 24.8 Å². The molecule has 1 aromatic rings. The van der Waals surface area contributed by atoms with Crippen LogP contribution in [-0.2, 0) is 20.9 Å². The van der Waals surface area contributed by atoms with E-state index in [0.717, 1.165) is 12.0 Å². The van der Waals surface area contributed by atoms with Gasteiger partial charge in [0.05, 0.1) is 7.11 Å². The fourth-order valence-corrected chi connectivity index (χ4v) is 2.53. The molecule has 1 aliphatic carbocycles. The van der Waals surface area contributed by atoms with Crippen molar-refractivity contribution >= 4 is 11.9 Å². The Bertz CT molecular complexity index is 466. The van der Waals surface area contributed by atoms with Gasteiger partial charge in [0.2, 0.25) is 5.91 Å². The van der Waals surface area contributed by atoms with E-state index in [2.05, 4.69) is 0 Å². The lowest BCUT2D eigenvalue weighted by Gasteiger charge is -2.39. The largest absolute Gasteiger partial charge is 0.468 e. The van der Waals surface area contributed by atoms with E-state index < -0.39 is 11.4 Å². The van der Waals surface area contributed by atoms with Gasteiger partial charge in [0.15, 0.2) is 0 Å². The molecular formula is C15H19NO3. The molecule has 4 heteroatoms. The number of hydrogen-bond donors (Lipinski definition) is 0. The summed E-state index contributed by atoms with van der Waals surface area (Å²) in [5.74, 6) is -0.530. The number of carbonyl (C=O) groups excluding carboxylic acids is 2. The summed E-state index contributed by atoms with van der Waals surface area (Å²) in [5.41, 5.74) is 0.121. The highest BCUT2D eigenvalue weighted by Gasteiger charge is 2.53. The van der Waals surface area contributed by atoms with Gasteiger partial charge in [0.25, 0.3) is 0 Å². The van der Waals surface area contributed by atoms with Gasteiger partial charge in [-0.15, -0.1) is 0 Å². The Morgan fingerprint density at radius 2 is 1.89 bits per heavy atom. The molecular weight excluding hydrogens is 242 g/mol. The van der Waals surface area contributed by atoms with Gasteiger partial charge >= 0.3 is 5.97 Å². The highest BCUT2D eigenvalue weighted by Crippen LogP contribution is 2.43. The summed E-state index contributed by atoms with van der Waals surface area (Å²) < 4.78 is 4.79. The van der Waals surface area contributed by atoms with Crippen LogP contribution in [-0.4, -0.2) is 30.9 Å². The van der Waals surface area contributed by atoms with Gasteiger partial charge in [0.1, 0.15) is 5.41 Å². The Labute approximate surface area is 113 Å². The molecule has 0 bridgehead atoms. The molecule has 102 valence electrons. The number of nitrogens with zero attached hydrogens (tertiary/aromatic N) is 1. The highest BCUT2D eigenvalue weighted by molar-refractivity contribution is 6.03. The number of ether oxygens (including phenoxy) is 1. The van der Waals surface area contributed by atoms with Gasteiger partial charge < -0.3 is 9.64 Å². The fraction of sp³-hybridized carbons (Fsp3) is 0.467. The van der Waals surface area contributed by atoms with Crippen LogP contribution in [0.3, 0.4) is 0 Å². The molecule has 2 rings (SSSR count). The molecule has 1 aliphatic rings. The van der Waals surface area contributed by atoms with Crippen molar-refractivity contribution in [1.29, 1.82) is 0 Å². The minimum absolute atomic E-state index is 0.130. The summed E-state index contributed by atoms with van der Waals surface area (Å²) >= 11 is 0. The van der Waals surface area contributed by atoms with E-state index in [4.69, 9.17) is 4.74 Å². The lowest BCUT2D eigenvalue weighted by atomic mass is 9.67. The van der Waals surface area contributed by atoms with E-state index in [0.29, 0.717) is 19.4 Å². The normalized spacial score (nSPS) is 16.3.